The number of hydrogen-bond acceptors (Lipinski definition) is 5. The lowest BCUT2D eigenvalue weighted by Crippen LogP contribution is -2.40. The first-order valence-corrected chi connectivity index (χ1v) is 9.42. The Kier molecular flexibility index (Phi) is 10.7. The minimum absolute atomic E-state index is 0.0113. The van der Waals surface area contributed by atoms with Gasteiger partial charge in [0.05, 0.1) is 39.1 Å². The van der Waals surface area contributed by atoms with Crippen LogP contribution in [0.25, 0.3) is 10.4 Å². The van der Waals surface area contributed by atoms with E-state index < -0.39 is 0 Å². The van der Waals surface area contributed by atoms with E-state index in [1.54, 1.807) is 0 Å². The summed E-state index contributed by atoms with van der Waals surface area (Å²) in [5.74, 6) is 0. The van der Waals surface area contributed by atoms with Crippen LogP contribution < -0.4 is 0 Å². The molecule has 0 aromatic heterocycles. The van der Waals surface area contributed by atoms with Gasteiger partial charge in [0.2, 0.25) is 0 Å². The molecule has 2 aromatic rings. The summed E-state index contributed by atoms with van der Waals surface area (Å²) in [6.07, 6.45) is 0. The Morgan fingerprint density at radius 3 is 2.00 bits per heavy atom. The van der Waals surface area contributed by atoms with Gasteiger partial charge in [-0.2, -0.15) is 0 Å². The summed E-state index contributed by atoms with van der Waals surface area (Å²) >= 11 is 0. The van der Waals surface area contributed by atoms with Crippen molar-refractivity contribution in [1.29, 1.82) is 0 Å². The van der Waals surface area contributed by atoms with Crippen LogP contribution in [-0.4, -0.2) is 55.6 Å². The first-order valence-electron chi connectivity index (χ1n) is 9.42. The van der Waals surface area contributed by atoms with Crippen molar-refractivity contribution in [3.8, 4) is 0 Å². The third kappa shape index (κ3) is 8.52. The molecule has 0 aliphatic heterocycles. The van der Waals surface area contributed by atoms with Crippen LogP contribution in [-0.2, 0) is 22.6 Å². The quantitative estimate of drug-likeness (QED) is 0.234. The van der Waals surface area contributed by atoms with Crippen LogP contribution in [0.3, 0.4) is 0 Å². The van der Waals surface area contributed by atoms with Crippen LogP contribution in [0, 0.1) is 0 Å². The van der Waals surface area contributed by atoms with E-state index in [4.69, 9.17) is 15.0 Å². The van der Waals surface area contributed by atoms with Crippen molar-refractivity contribution < 1.29 is 14.6 Å². The van der Waals surface area contributed by atoms with Crippen molar-refractivity contribution in [2.24, 2.45) is 5.11 Å². The first-order chi connectivity index (χ1) is 13.8. The standard InChI is InChI=1S/C21H28N4O3/c22-24-23-11-12-27-13-14-28-18-21(17-26)25(15-19-7-3-1-4-8-19)16-20-9-5-2-6-10-20/h1-10,21,26H,11-18H2. The summed E-state index contributed by atoms with van der Waals surface area (Å²) in [5.41, 5.74) is 10.6. The van der Waals surface area contributed by atoms with Crippen molar-refractivity contribution in [2.75, 3.05) is 39.6 Å². The normalized spacial score (nSPS) is 11.9. The van der Waals surface area contributed by atoms with E-state index in [0.717, 1.165) is 13.1 Å². The molecule has 1 atom stereocenters. The predicted octanol–water partition coefficient (Wildman–Crippen LogP) is 3.39. The van der Waals surface area contributed by atoms with E-state index in [0.29, 0.717) is 33.0 Å². The molecular formula is C21H28N4O3. The SMILES string of the molecule is [N-]=[N+]=NCCOCCOCC(CO)N(Cc1ccccc1)Cc1ccccc1. The number of ether oxygens (including phenoxy) is 2. The molecule has 1 N–H and O–H groups in total. The molecule has 2 aromatic carbocycles. The van der Waals surface area contributed by atoms with Gasteiger partial charge in [-0.15, -0.1) is 0 Å². The highest BCUT2D eigenvalue weighted by Crippen LogP contribution is 2.14. The summed E-state index contributed by atoms with van der Waals surface area (Å²) in [5, 5.41) is 13.4. The minimum Gasteiger partial charge on any atom is -0.395 e. The van der Waals surface area contributed by atoms with Crippen LogP contribution in [0.15, 0.2) is 65.8 Å². The monoisotopic (exact) mass is 384 g/mol. The maximum atomic E-state index is 9.95. The van der Waals surface area contributed by atoms with Gasteiger partial charge in [0.1, 0.15) is 0 Å². The van der Waals surface area contributed by atoms with Gasteiger partial charge in [0.15, 0.2) is 0 Å². The Bertz CT molecular complexity index is 652. The fourth-order valence-corrected chi connectivity index (χ4v) is 2.81. The fraction of sp³-hybridized carbons (Fsp3) is 0.429. The van der Waals surface area contributed by atoms with E-state index in [9.17, 15) is 5.11 Å². The first kappa shape index (κ1) is 21.9. The Morgan fingerprint density at radius 1 is 0.893 bits per heavy atom. The molecular weight excluding hydrogens is 356 g/mol. The third-order valence-corrected chi connectivity index (χ3v) is 4.27. The van der Waals surface area contributed by atoms with Crippen molar-refractivity contribution in [3.63, 3.8) is 0 Å². The molecule has 150 valence electrons. The lowest BCUT2D eigenvalue weighted by molar-refractivity contribution is -0.000775. The van der Waals surface area contributed by atoms with Crippen LogP contribution in [0.4, 0.5) is 0 Å². The molecule has 28 heavy (non-hydrogen) atoms. The number of rotatable bonds is 14. The summed E-state index contributed by atoms with van der Waals surface area (Å²) in [6.45, 7) is 3.43. The minimum atomic E-state index is -0.122. The highest BCUT2D eigenvalue weighted by Gasteiger charge is 2.19. The number of nitrogens with zero attached hydrogens (tertiary/aromatic N) is 4. The zero-order valence-corrected chi connectivity index (χ0v) is 16.1. The number of hydrogen-bond donors (Lipinski definition) is 1. The molecule has 0 fully saturated rings. The second-order valence-electron chi connectivity index (χ2n) is 6.35. The molecule has 0 aliphatic rings. The van der Waals surface area contributed by atoms with Gasteiger partial charge in [-0.1, -0.05) is 65.8 Å². The zero-order chi connectivity index (χ0) is 19.9. The van der Waals surface area contributed by atoms with Crippen LogP contribution in [0.2, 0.25) is 0 Å². The number of aliphatic hydroxyl groups is 1. The maximum absolute atomic E-state index is 9.95. The Balaban J connectivity index is 1.88. The molecule has 0 heterocycles. The smallest absolute Gasteiger partial charge is 0.0701 e. The second kappa shape index (κ2) is 13.7. The van der Waals surface area contributed by atoms with Crippen molar-refractivity contribution in [2.45, 2.75) is 19.1 Å². The van der Waals surface area contributed by atoms with E-state index in [1.165, 1.54) is 11.1 Å². The summed E-state index contributed by atoms with van der Waals surface area (Å²) in [6, 6.07) is 20.3. The number of benzene rings is 2. The molecule has 0 spiro atoms. The number of azide groups is 1. The molecule has 0 amide bonds. The van der Waals surface area contributed by atoms with Crippen LogP contribution in [0.1, 0.15) is 11.1 Å². The molecule has 0 saturated carbocycles. The molecule has 1 unspecified atom stereocenters. The predicted molar refractivity (Wildman–Crippen MR) is 109 cm³/mol. The molecule has 0 bridgehead atoms. The van der Waals surface area contributed by atoms with Gasteiger partial charge in [0, 0.05) is 24.5 Å². The van der Waals surface area contributed by atoms with Gasteiger partial charge in [-0.05, 0) is 16.7 Å². The molecule has 0 saturated heterocycles. The third-order valence-electron chi connectivity index (χ3n) is 4.27. The summed E-state index contributed by atoms with van der Waals surface area (Å²) < 4.78 is 11.1. The Morgan fingerprint density at radius 2 is 1.46 bits per heavy atom. The Labute approximate surface area is 166 Å². The molecule has 7 nitrogen and oxygen atoms in total. The second-order valence-corrected chi connectivity index (χ2v) is 6.35. The average Bonchev–Trinajstić information content (AvgIpc) is 2.74. The number of aliphatic hydroxyl groups excluding tert-OH is 1. The largest absolute Gasteiger partial charge is 0.395 e. The van der Waals surface area contributed by atoms with Crippen LogP contribution >= 0.6 is 0 Å². The summed E-state index contributed by atoms with van der Waals surface area (Å²) in [4.78, 5) is 4.90. The topological polar surface area (TPSA) is 90.7 Å². The van der Waals surface area contributed by atoms with E-state index in [-0.39, 0.29) is 12.6 Å². The fourth-order valence-electron chi connectivity index (χ4n) is 2.81. The van der Waals surface area contributed by atoms with E-state index in [2.05, 4.69) is 39.2 Å². The highest BCUT2D eigenvalue weighted by atomic mass is 16.5. The van der Waals surface area contributed by atoms with E-state index >= 15 is 0 Å². The Hall–Kier alpha value is -2.41. The van der Waals surface area contributed by atoms with Gasteiger partial charge in [-0.3, -0.25) is 4.90 Å². The van der Waals surface area contributed by atoms with E-state index in [1.807, 2.05) is 36.4 Å². The highest BCUT2D eigenvalue weighted by molar-refractivity contribution is 5.17. The summed E-state index contributed by atoms with van der Waals surface area (Å²) in [7, 11) is 0. The van der Waals surface area contributed by atoms with Crippen molar-refractivity contribution >= 4 is 0 Å². The van der Waals surface area contributed by atoms with Gasteiger partial charge in [-0.25, -0.2) is 0 Å². The zero-order valence-electron chi connectivity index (χ0n) is 16.1. The maximum Gasteiger partial charge on any atom is 0.0701 e. The van der Waals surface area contributed by atoms with Crippen molar-refractivity contribution in [3.05, 3.63) is 82.2 Å². The molecule has 0 aliphatic carbocycles. The lowest BCUT2D eigenvalue weighted by Gasteiger charge is -2.30. The average molecular weight is 384 g/mol. The van der Waals surface area contributed by atoms with Gasteiger partial charge in [0.25, 0.3) is 0 Å². The molecule has 0 radical (unpaired) electrons. The molecule has 7 heteroatoms. The van der Waals surface area contributed by atoms with Gasteiger partial charge < -0.3 is 14.6 Å². The molecule has 2 rings (SSSR count). The van der Waals surface area contributed by atoms with Crippen molar-refractivity contribution in [1.82, 2.24) is 4.90 Å². The van der Waals surface area contributed by atoms with Crippen LogP contribution in [0.5, 0.6) is 0 Å². The lowest BCUT2D eigenvalue weighted by atomic mass is 10.1. The van der Waals surface area contributed by atoms with Gasteiger partial charge >= 0.3 is 0 Å².